The molecule has 3 rings (SSSR count). The van der Waals surface area contributed by atoms with Crippen molar-refractivity contribution in [1.29, 1.82) is 0 Å². The summed E-state index contributed by atoms with van der Waals surface area (Å²) in [6, 6.07) is 3.77. The summed E-state index contributed by atoms with van der Waals surface area (Å²) in [5.74, 6) is 0. The molecular weight excluding hydrogens is 242 g/mol. The van der Waals surface area contributed by atoms with Crippen LogP contribution >= 0.6 is 0 Å². The second-order valence-corrected chi connectivity index (χ2v) is 5.16. The molecule has 5 heteroatoms. The van der Waals surface area contributed by atoms with Gasteiger partial charge in [-0.1, -0.05) is 0 Å². The van der Waals surface area contributed by atoms with Gasteiger partial charge in [-0.2, -0.15) is 0 Å². The molecule has 0 bridgehead atoms. The number of hydrogen-bond acceptors (Lipinski definition) is 5. The van der Waals surface area contributed by atoms with Crippen molar-refractivity contribution in [3.05, 3.63) is 23.3 Å². The number of aldehydes is 1. The van der Waals surface area contributed by atoms with Crippen LogP contribution < -0.4 is 10.6 Å². The van der Waals surface area contributed by atoms with E-state index in [0.717, 1.165) is 44.7 Å². The van der Waals surface area contributed by atoms with Crippen molar-refractivity contribution in [2.75, 3.05) is 44.0 Å². The summed E-state index contributed by atoms with van der Waals surface area (Å²) in [5.41, 5.74) is 10.2. The molecule has 0 spiro atoms. The normalized spacial score (nSPS) is 23.4. The highest BCUT2D eigenvalue weighted by Gasteiger charge is 2.32. The van der Waals surface area contributed by atoms with Gasteiger partial charge in [-0.05, 0) is 24.7 Å². The minimum Gasteiger partial charge on any atom is -0.398 e. The summed E-state index contributed by atoms with van der Waals surface area (Å²) in [6.45, 7) is 4.08. The van der Waals surface area contributed by atoms with E-state index in [1.54, 1.807) is 0 Å². The van der Waals surface area contributed by atoms with E-state index in [1.165, 1.54) is 11.3 Å². The first-order valence-electron chi connectivity index (χ1n) is 6.62. The quantitative estimate of drug-likeness (QED) is 0.630. The second kappa shape index (κ2) is 4.83. The fourth-order valence-electron chi connectivity index (χ4n) is 3.03. The van der Waals surface area contributed by atoms with Gasteiger partial charge in [-0.25, -0.2) is 0 Å². The zero-order chi connectivity index (χ0) is 13.4. The van der Waals surface area contributed by atoms with E-state index in [9.17, 15) is 4.79 Å². The Hall–Kier alpha value is -1.59. The number of hydrogen-bond donors (Lipinski definition) is 1. The van der Waals surface area contributed by atoms with Crippen LogP contribution in [-0.2, 0) is 16.1 Å². The fraction of sp³-hybridized carbons (Fsp3) is 0.500. The van der Waals surface area contributed by atoms with Crippen molar-refractivity contribution in [1.82, 2.24) is 4.90 Å². The van der Waals surface area contributed by atoms with Gasteiger partial charge >= 0.3 is 0 Å². The number of carbonyl (C=O) groups is 1. The molecule has 1 fully saturated rings. The molecule has 19 heavy (non-hydrogen) atoms. The van der Waals surface area contributed by atoms with Gasteiger partial charge in [-0.3, -0.25) is 4.90 Å². The summed E-state index contributed by atoms with van der Waals surface area (Å²) in [5, 5.41) is 0. The predicted molar refractivity (Wildman–Crippen MR) is 74.2 cm³/mol. The molecule has 2 aliphatic heterocycles. The van der Waals surface area contributed by atoms with E-state index >= 15 is 0 Å². The number of ether oxygens (including phenoxy) is 1. The standard InChI is InChI=1S/C14H19N3O2/c1-16-8-10-12(17-4-6-19-7-5-17)3-2-11(15)14(10)13(16)9-18/h2-3,9,13H,4-8,15H2,1H3. The Morgan fingerprint density at radius 3 is 2.79 bits per heavy atom. The molecule has 0 radical (unpaired) electrons. The number of fused-ring (bicyclic) bond motifs is 1. The van der Waals surface area contributed by atoms with Gasteiger partial charge in [0.25, 0.3) is 0 Å². The number of carbonyl (C=O) groups excluding carboxylic acids is 1. The van der Waals surface area contributed by atoms with Crippen LogP contribution in [0.3, 0.4) is 0 Å². The Balaban J connectivity index is 2.04. The maximum atomic E-state index is 11.3. The van der Waals surface area contributed by atoms with E-state index in [-0.39, 0.29) is 6.04 Å². The minimum absolute atomic E-state index is 0.212. The Labute approximate surface area is 112 Å². The third-order valence-electron chi connectivity index (χ3n) is 4.02. The van der Waals surface area contributed by atoms with Crippen LogP contribution in [0, 0.1) is 0 Å². The van der Waals surface area contributed by atoms with Gasteiger partial charge < -0.3 is 20.2 Å². The number of nitrogens with two attached hydrogens (primary N) is 1. The SMILES string of the molecule is CN1Cc2c(N3CCOCC3)ccc(N)c2C1C=O. The zero-order valence-corrected chi connectivity index (χ0v) is 11.1. The molecule has 0 aliphatic carbocycles. The molecule has 1 saturated heterocycles. The van der Waals surface area contributed by atoms with E-state index in [4.69, 9.17) is 10.5 Å². The molecule has 102 valence electrons. The third kappa shape index (κ3) is 1.99. The molecule has 0 aromatic heterocycles. The number of rotatable bonds is 2. The van der Waals surface area contributed by atoms with Crippen LogP contribution in [0.5, 0.6) is 0 Å². The molecule has 0 amide bonds. The van der Waals surface area contributed by atoms with Crippen LogP contribution in [0.25, 0.3) is 0 Å². The lowest BCUT2D eigenvalue weighted by Crippen LogP contribution is -2.36. The van der Waals surface area contributed by atoms with Crippen LogP contribution in [0.1, 0.15) is 17.2 Å². The molecule has 0 saturated carbocycles. The van der Waals surface area contributed by atoms with Gasteiger partial charge in [0.05, 0.1) is 19.3 Å². The Bertz CT molecular complexity index is 498. The van der Waals surface area contributed by atoms with E-state index < -0.39 is 0 Å². The third-order valence-corrected chi connectivity index (χ3v) is 4.02. The summed E-state index contributed by atoms with van der Waals surface area (Å²) in [4.78, 5) is 15.7. The van der Waals surface area contributed by atoms with Crippen molar-refractivity contribution in [2.24, 2.45) is 0 Å². The highest BCUT2D eigenvalue weighted by Crippen LogP contribution is 2.40. The average Bonchev–Trinajstić information content (AvgIpc) is 2.77. The Kier molecular flexibility index (Phi) is 3.16. The summed E-state index contributed by atoms with van der Waals surface area (Å²) in [6.07, 6.45) is 0.977. The topological polar surface area (TPSA) is 58.8 Å². The predicted octanol–water partition coefficient (Wildman–Crippen LogP) is 0.791. The summed E-state index contributed by atoms with van der Waals surface area (Å²) >= 11 is 0. The van der Waals surface area contributed by atoms with Crippen molar-refractivity contribution in [3.8, 4) is 0 Å². The van der Waals surface area contributed by atoms with Gasteiger partial charge in [0, 0.05) is 36.6 Å². The second-order valence-electron chi connectivity index (χ2n) is 5.16. The van der Waals surface area contributed by atoms with Gasteiger partial charge in [-0.15, -0.1) is 0 Å². The molecule has 1 unspecified atom stereocenters. The number of nitrogens with zero attached hydrogens (tertiary/aromatic N) is 2. The first-order valence-corrected chi connectivity index (χ1v) is 6.62. The number of benzene rings is 1. The summed E-state index contributed by atoms with van der Waals surface area (Å²) < 4.78 is 5.39. The van der Waals surface area contributed by atoms with Gasteiger partial charge in [0.15, 0.2) is 0 Å². The summed E-state index contributed by atoms with van der Waals surface area (Å²) in [7, 11) is 1.96. The van der Waals surface area contributed by atoms with E-state index in [2.05, 4.69) is 11.0 Å². The largest absolute Gasteiger partial charge is 0.398 e. The fourth-order valence-corrected chi connectivity index (χ4v) is 3.03. The first kappa shape index (κ1) is 12.4. The number of anilines is 2. The molecular formula is C14H19N3O2. The lowest BCUT2D eigenvalue weighted by molar-refractivity contribution is -0.111. The Morgan fingerprint density at radius 1 is 1.37 bits per heavy atom. The molecule has 1 aromatic carbocycles. The maximum absolute atomic E-state index is 11.3. The van der Waals surface area contributed by atoms with E-state index in [0.29, 0.717) is 5.69 Å². The monoisotopic (exact) mass is 261 g/mol. The minimum atomic E-state index is -0.212. The van der Waals surface area contributed by atoms with Crippen LogP contribution in [-0.4, -0.2) is 44.5 Å². The number of morpholine rings is 1. The lowest BCUT2D eigenvalue weighted by atomic mass is 10.0. The molecule has 2 heterocycles. The van der Waals surface area contributed by atoms with Gasteiger partial charge in [0.1, 0.15) is 6.29 Å². The average molecular weight is 261 g/mol. The molecule has 1 atom stereocenters. The van der Waals surface area contributed by atoms with Crippen LogP contribution in [0.15, 0.2) is 12.1 Å². The van der Waals surface area contributed by atoms with E-state index in [1.807, 2.05) is 18.0 Å². The van der Waals surface area contributed by atoms with Crippen molar-refractivity contribution >= 4 is 17.7 Å². The zero-order valence-electron chi connectivity index (χ0n) is 11.1. The van der Waals surface area contributed by atoms with Gasteiger partial charge in [0.2, 0.25) is 0 Å². The highest BCUT2D eigenvalue weighted by atomic mass is 16.5. The van der Waals surface area contributed by atoms with Crippen molar-refractivity contribution in [3.63, 3.8) is 0 Å². The lowest BCUT2D eigenvalue weighted by Gasteiger charge is -2.30. The molecule has 2 N–H and O–H groups in total. The number of nitrogen functional groups attached to an aromatic ring is 1. The van der Waals surface area contributed by atoms with Crippen LogP contribution in [0.4, 0.5) is 11.4 Å². The van der Waals surface area contributed by atoms with Crippen molar-refractivity contribution in [2.45, 2.75) is 12.6 Å². The smallest absolute Gasteiger partial charge is 0.141 e. The highest BCUT2D eigenvalue weighted by molar-refractivity contribution is 5.75. The maximum Gasteiger partial charge on any atom is 0.141 e. The molecule has 5 nitrogen and oxygen atoms in total. The number of likely N-dealkylation sites (N-methyl/N-ethyl adjacent to an activating group) is 1. The molecule has 1 aromatic rings. The van der Waals surface area contributed by atoms with Crippen LogP contribution in [0.2, 0.25) is 0 Å². The molecule has 2 aliphatic rings. The van der Waals surface area contributed by atoms with Crippen molar-refractivity contribution < 1.29 is 9.53 Å². The Morgan fingerprint density at radius 2 is 2.11 bits per heavy atom. The first-order chi connectivity index (χ1) is 9.22.